The highest BCUT2D eigenvalue weighted by atomic mass is 19.4. The molecule has 0 amide bonds. The maximum absolute atomic E-state index is 13.4. The molecule has 0 unspecified atom stereocenters. The van der Waals surface area contributed by atoms with E-state index in [4.69, 9.17) is 0 Å². The molecule has 1 nitrogen and oxygen atoms in total. The topological polar surface area (TPSA) is 12.9 Å². The molecule has 0 aliphatic rings. The summed E-state index contributed by atoms with van der Waals surface area (Å²) >= 11 is 0. The Morgan fingerprint density at radius 2 is 1.53 bits per heavy atom. The summed E-state index contributed by atoms with van der Waals surface area (Å²) in [5.74, 6) is -0.774. The van der Waals surface area contributed by atoms with E-state index in [1.807, 2.05) is 0 Å². The summed E-state index contributed by atoms with van der Waals surface area (Å²) in [7, 11) is 0. The van der Waals surface area contributed by atoms with Crippen LogP contribution in [0.15, 0.2) is 42.5 Å². The molecule has 2 aromatic rings. The number of nitrogens with zero attached hydrogens (tertiary/aromatic N) is 1. The van der Waals surface area contributed by atoms with Crippen molar-refractivity contribution < 1.29 is 17.6 Å². The van der Waals surface area contributed by atoms with Crippen LogP contribution in [0.2, 0.25) is 0 Å². The van der Waals surface area contributed by atoms with E-state index in [0.717, 1.165) is 6.07 Å². The Morgan fingerprint density at radius 3 is 2.12 bits per heavy atom. The van der Waals surface area contributed by atoms with Gasteiger partial charge < -0.3 is 0 Å². The molecule has 0 aliphatic heterocycles. The van der Waals surface area contributed by atoms with Gasteiger partial charge in [-0.3, -0.25) is 0 Å². The van der Waals surface area contributed by atoms with Gasteiger partial charge in [0.2, 0.25) is 0 Å². The number of aromatic nitrogens is 1. The van der Waals surface area contributed by atoms with Crippen molar-refractivity contribution in [1.29, 1.82) is 0 Å². The number of benzene rings is 1. The van der Waals surface area contributed by atoms with Crippen LogP contribution in [-0.4, -0.2) is 4.98 Å². The van der Waals surface area contributed by atoms with Gasteiger partial charge in [-0.05, 0) is 12.1 Å². The fraction of sp³-hybridized carbons (Fsp3) is 0.0833. The maximum atomic E-state index is 13.4. The number of hydrogen-bond acceptors (Lipinski definition) is 1. The molecule has 0 radical (unpaired) electrons. The molecule has 0 N–H and O–H groups in total. The van der Waals surface area contributed by atoms with Gasteiger partial charge in [0.15, 0.2) is 0 Å². The molecular formula is C12H7F4N. The first-order valence-electron chi connectivity index (χ1n) is 4.77. The van der Waals surface area contributed by atoms with Crippen molar-refractivity contribution in [3.8, 4) is 11.3 Å². The summed E-state index contributed by atoms with van der Waals surface area (Å²) in [6, 6.07) is 9.32. The minimum atomic E-state index is -4.57. The first-order valence-corrected chi connectivity index (χ1v) is 4.77. The van der Waals surface area contributed by atoms with Gasteiger partial charge in [-0.15, -0.1) is 0 Å². The molecule has 1 aromatic carbocycles. The van der Waals surface area contributed by atoms with Crippen molar-refractivity contribution in [2.45, 2.75) is 6.18 Å². The number of hydrogen-bond donors (Lipinski definition) is 0. The van der Waals surface area contributed by atoms with Gasteiger partial charge in [-0.25, -0.2) is 9.37 Å². The predicted molar refractivity (Wildman–Crippen MR) is 54.6 cm³/mol. The number of alkyl halides is 3. The highest BCUT2D eigenvalue weighted by Crippen LogP contribution is 2.30. The van der Waals surface area contributed by atoms with E-state index in [0.29, 0.717) is 11.6 Å². The average molecular weight is 241 g/mol. The molecule has 17 heavy (non-hydrogen) atoms. The van der Waals surface area contributed by atoms with Crippen LogP contribution in [-0.2, 0) is 6.18 Å². The van der Waals surface area contributed by atoms with E-state index in [1.165, 1.54) is 12.1 Å². The van der Waals surface area contributed by atoms with Crippen LogP contribution >= 0.6 is 0 Å². The lowest BCUT2D eigenvalue weighted by Crippen LogP contribution is -2.09. The molecule has 0 fully saturated rings. The van der Waals surface area contributed by atoms with Crippen LogP contribution in [0.4, 0.5) is 17.6 Å². The van der Waals surface area contributed by atoms with Gasteiger partial charge in [0, 0.05) is 5.56 Å². The third-order valence-corrected chi connectivity index (χ3v) is 2.18. The third kappa shape index (κ3) is 2.43. The second-order valence-corrected chi connectivity index (χ2v) is 3.39. The Kier molecular flexibility index (Phi) is 2.83. The SMILES string of the molecule is Fc1ccc(C(F)(F)F)nc1-c1ccccc1. The fourth-order valence-electron chi connectivity index (χ4n) is 1.40. The second kappa shape index (κ2) is 4.16. The van der Waals surface area contributed by atoms with Gasteiger partial charge in [0.1, 0.15) is 17.2 Å². The van der Waals surface area contributed by atoms with Crippen LogP contribution in [0, 0.1) is 5.82 Å². The zero-order valence-electron chi connectivity index (χ0n) is 8.50. The summed E-state index contributed by atoms with van der Waals surface area (Å²) in [4.78, 5) is 3.31. The van der Waals surface area contributed by atoms with Crippen molar-refractivity contribution in [3.05, 3.63) is 54.0 Å². The zero-order valence-corrected chi connectivity index (χ0v) is 8.50. The maximum Gasteiger partial charge on any atom is 0.433 e. The Labute approximate surface area is 94.7 Å². The van der Waals surface area contributed by atoms with Crippen molar-refractivity contribution in [1.82, 2.24) is 4.98 Å². The van der Waals surface area contributed by atoms with Crippen LogP contribution in [0.1, 0.15) is 5.69 Å². The van der Waals surface area contributed by atoms with E-state index in [9.17, 15) is 17.6 Å². The lowest BCUT2D eigenvalue weighted by atomic mass is 10.1. The fourth-order valence-corrected chi connectivity index (χ4v) is 1.40. The summed E-state index contributed by atoms with van der Waals surface area (Å²) in [6.45, 7) is 0. The first kappa shape index (κ1) is 11.6. The highest BCUT2D eigenvalue weighted by Gasteiger charge is 2.33. The molecule has 0 atom stereocenters. The minimum Gasteiger partial charge on any atom is -0.240 e. The monoisotopic (exact) mass is 241 g/mol. The molecule has 0 aliphatic carbocycles. The number of rotatable bonds is 1. The smallest absolute Gasteiger partial charge is 0.240 e. The van der Waals surface area contributed by atoms with Crippen molar-refractivity contribution in [2.75, 3.05) is 0 Å². The Balaban J connectivity index is 2.55. The first-order chi connectivity index (χ1) is 7.98. The van der Waals surface area contributed by atoms with Crippen LogP contribution in [0.3, 0.4) is 0 Å². The van der Waals surface area contributed by atoms with Crippen LogP contribution in [0.25, 0.3) is 11.3 Å². The molecule has 0 bridgehead atoms. The molecule has 88 valence electrons. The van der Waals surface area contributed by atoms with E-state index in [2.05, 4.69) is 4.98 Å². The normalized spacial score (nSPS) is 11.5. The van der Waals surface area contributed by atoms with Crippen LogP contribution in [0.5, 0.6) is 0 Å². The molecule has 0 saturated carbocycles. The summed E-state index contributed by atoms with van der Waals surface area (Å²) in [6.07, 6.45) is -4.57. The number of pyridine rings is 1. The molecule has 5 heteroatoms. The van der Waals surface area contributed by atoms with E-state index >= 15 is 0 Å². The third-order valence-electron chi connectivity index (χ3n) is 2.18. The predicted octanol–water partition coefficient (Wildman–Crippen LogP) is 3.91. The van der Waals surface area contributed by atoms with Crippen molar-refractivity contribution >= 4 is 0 Å². The van der Waals surface area contributed by atoms with Crippen molar-refractivity contribution in [3.63, 3.8) is 0 Å². The van der Waals surface area contributed by atoms with Crippen molar-refractivity contribution in [2.24, 2.45) is 0 Å². The summed E-state index contributed by atoms with van der Waals surface area (Å²) in [5.41, 5.74) is -1.07. The van der Waals surface area contributed by atoms with Gasteiger partial charge in [-0.2, -0.15) is 13.2 Å². The Morgan fingerprint density at radius 1 is 0.882 bits per heavy atom. The van der Waals surface area contributed by atoms with E-state index in [1.54, 1.807) is 18.2 Å². The zero-order chi connectivity index (χ0) is 12.5. The molecule has 2 rings (SSSR count). The summed E-state index contributed by atoms with van der Waals surface area (Å²) in [5, 5.41) is 0. The Hall–Kier alpha value is -1.91. The molecular weight excluding hydrogens is 234 g/mol. The standard InChI is InChI=1S/C12H7F4N/c13-9-6-7-10(12(14,15)16)17-11(9)8-4-2-1-3-5-8/h1-7H. The van der Waals surface area contributed by atoms with Gasteiger partial charge in [0.25, 0.3) is 0 Å². The highest BCUT2D eigenvalue weighted by molar-refractivity contribution is 5.59. The number of halogens is 4. The molecule has 1 heterocycles. The second-order valence-electron chi connectivity index (χ2n) is 3.39. The van der Waals surface area contributed by atoms with Crippen LogP contribution < -0.4 is 0 Å². The average Bonchev–Trinajstić information content (AvgIpc) is 2.29. The molecule has 0 saturated heterocycles. The van der Waals surface area contributed by atoms with Gasteiger partial charge in [-0.1, -0.05) is 30.3 Å². The quantitative estimate of drug-likeness (QED) is 0.690. The summed E-state index contributed by atoms with van der Waals surface area (Å²) < 4.78 is 50.7. The van der Waals surface area contributed by atoms with E-state index < -0.39 is 17.7 Å². The minimum absolute atomic E-state index is 0.291. The lowest BCUT2D eigenvalue weighted by Gasteiger charge is -2.08. The molecule has 1 aromatic heterocycles. The van der Waals surface area contributed by atoms with Gasteiger partial charge in [0.05, 0.1) is 0 Å². The Bertz CT molecular complexity index is 520. The largest absolute Gasteiger partial charge is 0.433 e. The molecule has 0 spiro atoms. The van der Waals surface area contributed by atoms with E-state index in [-0.39, 0.29) is 5.69 Å². The lowest BCUT2D eigenvalue weighted by molar-refractivity contribution is -0.141. The van der Waals surface area contributed by atoms with Gasteiger partial charge >= 0.3 is 6.18 Å².